The van der Waals surface area contributed by atoms with Crippen LogP contribution in [0.3, 0.4) is 0 Å². The van der Waals surface area contributed by atoms with Gasteiger partial charge in [0.25, 0.3) is 0 Å². The number of ether oxygens (including phenoxy) is 5. The Balaban J connectivity index is 5.02. The van der Waals surface area contributed by atoms with Crippen molar-refractivity contribution in [3.05, 3.63) is 0 Å². The van der Waals surface area contributed by atoms with E-state index in [1.165, 1.54) is 14.0 Å². The van der Waals surface area contributed by atoms with Gasteiger partial charge in [-0.3, -0.25) is 14.4 Å². The lowest BCUT2D eigenvalue weighted by molar-refractivity contribution is -0.186. The quantitative estimate of drug-likeness (QED) is 0.187. The molecule has 8 heteroatoms. The molecule has 0 aromatic rings. The molecule has 0 saturated heterocycles. The van der Waals surface area contributed by atoms with Crippen LogP contribution in [0.2, 0.25) is 0 Å². The van der Waals surface area contributed by atoms with Gasteiger partial charge in [-0.15, -0.1) is 0 Å². The molecule has 0 unspecified atom stereocenters. The molecule has 0 heterocycles. The maximum Gasteiger partial charge on any atom is 0.328 e. The minimum Gasteiger partial charge on any atom is -0.465 e. The number of rotatable bonds is 10. The Kier molecular flexibility index (Phi) is 9.31. The molecule has 0 bridgehead atoms. The SMILES string of the molecule is CCOC(=O)C(COC)(COCOC(C)=O)C(=O)OCC. The minimum absolute atomic E-state index is 0.0909. The summed E-state index contributed by atoms with van der Waals surface area (Å²) in [7, 11) is 1.33. The van der Waals surface area contributed by atoms with Gasteiger partial charge in [-0.25, -0.2) is 0 Å². The molecule has 0 aliphatic carbocycles. The number of methoxy groups -OCH3 is 1. The van der Waals surface area contributed by atoms with E-state index in [1.54, 1.807) is 13.8 Å². The van der Waals surface area contributed by atoms with Crippen molar-refractivity contribution in [3.63, 3.8) is 0 Å². The third-order valence-corrected chi connectivity index (χ3v) is 2.42. The van der Waals surface area contributed by atoms with Crippen LogP contribution in [-0.4, -0.2) is 58.2 Å². The molecule has 0 N–H and O–H groups in total. The third-order valence-electron chi connectivity index (χ3n) is 2.42. The van der Waals surface area contributed by atoms with Gasteiger partial charge in [0, 0.05) is 14.0 Å². The topological polar surface area (TPSA) is 97.4 Å². The molecule has 0 spiro atoms. The Morgan fingerprint density at radius 3 is 1.81 bits per heavy atom. The monoisotopic (exact) mass is 306 g/mol. The van der Waals surface area contributed by atoms with E-state index in [0.29, 0.717) is 0 Å². The van der Waals surface area contributed by atoms with Crippen LogP contribution in [0.5, 0.6) is 0 Å². The molecule has 0 aromatic heterocycles. The first-order chi connectivity index (χ1) is 9.94. The molecular weight excluding hydrogens is 284 g/mol. The number of esters is 3. The zero-order valence-electron chi connectivity index (χ0n) is 12.8. The van der Waals surface area contributed by atoms with Crippen LogP contribution in [0.25, 0.3) is 0 Å². The van der Waals surface area contributed by atoms with Crippen molar-refractivity contribution in [2.45, 2.75) is 20.8 Å². The Hall–Kier alpha value is -1.67. The highest BCUT2D eigenvalue weighted by Gasteiger charge is 2.50. The summed E-state index contributed by atoms with van der Waals surface area (Å²) < 4.78 is 24.4. The van der Waals surface area contributed by atoms with Gasteiger partial charge in [-0.05, 0) is 13.8 Å². The Bertz CT molecular complexity index is 334. The Morgan fingerprint density at radius 2 is 1.43 bits per heavy atom. The van der Waals surface area contributed by atoms with Gasteiger partial charge in [0.2, 0.25) is 5.41 Å². The van der Waals surface area contributed by atoms with Crippen LogP contribution in [0.4, 0.5) is 0 Å². The summed E-state index contributed by atoms with van der Waals surface area (Å²) in [5.74, 6) is -2.17. The van der Waals surface area contributed by atoms with Gasteiger partial charge >= 0.3 is 17.9 Å². The van der Waals surface area contributed by atoms with Gasteiger partial charge in [-0.2, -0.15) is 0 Å². The van der Waals surface area contributed by atoms with E-state index in [4.69, 9.17) is 18.9 Å². The number of hydrogen-bond donors (Lipinski definition) is 0. The lowest BCUT2D eigenvalue weighted by Gasteiger charge is -2.27. The summed E-state index contributed by atoms with van der Waals surface area (Å²) in [6.07, 6.45) is 0. The standard InChI is InChI=1S/C13H22O8/c1-5-19-11(15)13(7-17-4,12(16)20-6-2)8-18-9-21-10(3)14/h5-9H2,1-4H3. The van der Waals surface area contributed by atoms with Crippen molar-refractivity contribution in [3.8, 4) is 0 Å². The Labute approximate surface area is 123 Å². The molecule has 0 aliphatic heterocycles. The summed E-state index contributed by atoms with van der Waals surface area (Å²) in [5.41, 5.74) is -1.75. The molecule has 122 valence electrons. The molecule has 0 aliphatic rings. The highest BCUT2D eigenvalue weighted by molar-refractivity contribution is 6.00. The van der Waals surface area contributed by atoms with Crippen molar-refractivity contribution in [1.82, 2.24) is 0 Å². The second kappa shape index (κ2) is 10.1. The molecule has 0 rings (SSSR count). The van der Waals surface area contributed by atoms with Gasteiger partial charge in [0.15, 0.2) is 6.79 Å². The number of hydrogen-bond acceptors (Lipinski definition) is 8. The van der Waals surface area contributed by atoms with Gasteiger partial charge in [0.1, 0.15) is 0 Å². The first-order valence-electron chi connectivity index (χ1n) is 6.49. The van der Waals surface area contributed by atoms with Gasteiger partial charge in [-0.1, -0.05) is 0 Å². The number of carbonyl (C=O) groups excluding carboxylic acids is 3. The summed E-state index contributed by atoms with van der Waals surface area (Å²) >= 11 is 0. The summed E-state index contributed by atoms with van der Waals surface area (Å²) in [6.45, 7) is 3.57. The van der Waals surface area contributed by atoms with Crippen LogP contribution in [-0.2, 0) is 38.1 Å². The lowest BCUT2D eigenvalue weighted by atomic mass is 9.90. The Morgan fingerprint density at radius 1 is 0.905 bits per heavy atom. The van der Waals surface area contributed by atoms with E-state index in [2.05, 4.69) is 4.74 Å². The highest BCUT2D eigenvalue weighted by Crippen LogP contribution is 2.23. The van der Waals surface area contributed by atoms with Crippen LogP contribution in [0.1, 0.15) is 20.8 Å². The van der Waals surface area contributed by atoms with Gasteiger partial charge < -0.3 is 23.7 Å². The van der Waals surface area contributed by atoms with E-state index in [0.717, 1.165) is 0 Å². The molecule has 0 atom stereocenters. The van der Waals surface area contributed by atoms with Gasteiger partial charge in [0.05, 0.1) is 26.4 Å². The van der Waals surface area contributed by atoms with Crippen LogP contribution >= 0.6 is 0 Å². The summed E-state index contributed by atoms with van der Waals surface area (Å²) in [6, 6.07) is 0. The minimum atomic E-state index is -1.75. The van der Waals surface area contributed by atoms with E-state index in [1.807, 2.05) is 0 Å². The molecule has 0 fully saturated rings. The predicted molar refractivity (Wildman–Crippen MR) is 70.2 cm³/mol. The van der Waals surface area contributed by atoms with E-state index in [-0.39, 0.29) is 33.2 Å². The molecule has 0 aromatic carbocycles. The average molecular weight is 306 g/mol. The molecule has 8 nitrogen and oxygen atoms in total. The van der Waals surface area contributed by atoms with Crippen molar-refractivity contribution < 1.29 is 38.1 Å². The van der Waals surface area contributed by atoms with Crippen molar-refractivity contribution in [1.29, 1.82) is 0 Å². The van der Waals surface area contributed by atoms with E-state index < -0.39 is 23.3 Å². The molecule has 0 saturated carbocycles. The fourth-order valence-electron chi connectivity index (χ4n) is 1.49. The summed E-state index contributed by atoms with van der Waals surface area (Å²) in [5, 5.41) is 0. The zero-order chi connectivity index (χ0) is 16.3. The van der Waals surface area contributed by atoms with Crippen LogP contribution in [0.15, 0.2) is 0 Å². The normalized spacial score (nSPS) is 10.9. The van der Waals surface area contributed by atoms with Crippen molar-refractivity contribution >= 4 is 17.9 Å². The fraction of sp³-hybridized carbons (Fsp3) is 0.769. The average Bonchev–Trinajstić information content (AvgIpc) is 2.42. The first-order valence-corrected chi connectivity index (χ1v) is 6.49. The zero-order valence-corrected chi connectivity index (χ0v) is 12.8. The maximum atomic E-state index is 12.1. The molecular formula is C13H22O8. The smallest absolute Gasteiger partial charge is 0.328 e. The second-order valence-electron chi connectivity index (χ2n) is 4.06. The largest absolute Gasteiger partial charge is 0.465 e. The summed E-state index contributed by atoms with van der Waals surface area (Å²) in [4.78, 5) is 34.9. The first kappa shape index (κ1) is 19.3. The van der Waals surface area contributed by atoms with Crippen molar-refractivity contribution in [2.75, 3.05) is 40.3 Å². The number of carbonyl (C=O) groups is 3. The molecule has 0 amide bonds. The van der Waals surface area contributed by atoms with Crippen LogP contribution < -0.4 is 0 Å². The van der Waals surface area contributed by atoms with E-state index in [9.17, 15) is 14.4 Å². The molecule has 0 radical (unpaired) electrons. The van der Waals surface area contributed by atoms with Crippen LogP contribution in [0, 0.1) is 5.41 Å². The highest BCUT2D eigenvalue weighted by atomic mass is 16.7. The lowest BCUT2D eigenvalue weighted by Crippen LogP contribution is -2.49. The van der Waals surface area contributed by atoms with E-state index >= 15 is 0 Å². The maximum absolute atomic E-state index is 12.1. The second-order valence-corrected chi connectivity index (χ2v) is 4.06. The fourth-order valence-corrected chi connectivity index (χ4v) is 1.49. The predicted octanol–water partition coefficient (Wildman–Crippen LogP) is 0.283. The third kappa shape index (κ3) is 6.09. The van der Waals surface area contributed by atoms with Crippen molar-refractivity contribution in [2.24, 2.45) is 5.41 Å². The molecule has 21 heavy (non-hydrogen) atoms.